The Hall–Kier alpha value is -2.89. The van der Waals surface area contributed by atoms with E-state index in [2.05, 4.69) is 5.32 Å². The molecular weight excluding hydrogens is 472 g/mol. The standard InChI is InChI=1S/C27H26Cl2FN3O/c1-16-9-25(30)17(2)8-22(16)20-10-19(15-33-7-3-4-26(33)31)11-21(13-20)27(34)32-14-18-5-6-23(28)24(29)12-18/h5-6,8-13,31H,3-4,7,14-15H2,1-2H3,(H,32,34). The molecule has 0 atom stereocenters. The molecule has 0 radical (unpaired) electrons. The summed E-state index contributed by atoms with van der Waals surface area (Å²) in [5.41, 5.74) is 5.38. The summed E-state index contributed by atoms with van der Waals surface area (Å²) < 4.78 is 14.1. The number of nitrogens with zero attached hydrogens (tertiary/aromatic N) is 1. The second-order valence-electron chi connectivity index (χ2n) is 8.74. The van der Waals surface area contributed by atoms with Gasteiger partial charge in [0, 0.05) is 31.6 Å². The predicted molar refractivity (Wildman–Crippen MR) is 136 cm³/mol. The molecular formula is C27H26Cl2FN3O. The summed E-state index contributed by atoms with van der Waals surface area (Å²) in [4.78, 5) is 15.2. The zero-order valence-electron chi connectivity index (χ0n) is 19.1. The molecule has 4 rings (SSSR count). The Morgan fingerprint density at radius 2 is 1.82 bits per heavy atom. The van der Waals surface area contributed by atoms with Crippen LogP contribution in [0.5, 0.6) is 0 Å². The van der Waals surface area contributed by atoms with Gasteiger partial charge in [-0.1, -0.05) is 29.3 Å². The molecule has 0 bridgehead atoms. The minimum Gasteiger partial charge on any atom is -0.356 e. The Balaban J connectivity index is 1.66. The van der Waals surface area contributed by atoms with Gasteiger partial charge in [0.25, 0.3) is 5.91 Å². The molecule has 0 unspecified atom stereocenters. The van der Waals surface area contributed by atoms with Crippen LogP contribution >= 0.6 is 23.2 Å². The fourth-order valence-electron chi connectivity index (χ4n) is 4.22. The average Bonchev–Trinajstić information content (AvgIpc) is 3.20. The van der Waals surface area contributed by atoms with Crippen molar-refractivity contribution >= 4 is 34.9 Å². The molecule has 1 aliphatic heterocycles. The molecule has 7 heteroatoms. The lowest BCUT2D eigenvalue weighted by atomic mass is 9.94. The van der Waals surface area contributed by atoms with Crippen molar-refractivity contribution in [2.75, 3.05) is 6.54 Å². The second-order valence-corrected chi connectivity index (χ2v) is 9.55. The van der Waals surface area contributed by atoms with Gasteiger partial charge >= 0.3 is 0 Å². The molecule has 176 valence electrons. The summed E-state index contributed by atoms with van der Waals surface area (Å²) >= 11 is 12.1. The number of amides is 1. The largest absolute Gasteiger partial charge is 0.356 e. The van der Waals surface area contributed by atoms with Gasteiger partial charge in [0.1, 0.15) is 5.82 Å². The van der Waals surface area contributed by atoms with Gasteiger partial charge in [-0.15, -0.1) is 0 Å². The molecule has 1 heterocycles. The van der Waals surface area contributed by atoms with E-state index in [0.29, 0.717) is 40.1 Å². The lowest BCUT2D eigenvalue weighted by Crippen LogP contribution is -2.25. The van der Waals surface area contributed by atoms with Gasteiger partial charge in [-0.05, 0) is 96.1 Å². The number of hydrogen-bond acceptors (Lipinski definition) is 2. The van der Waals surface area contributed by atoms with Crippen LogP contribution in [0.4, 0.5) is 4.39 Å². The van der Waals surface area contributed by atoms with Crippen molar-refractivity contribution in [2.24, 2.45) is 0 Å². The monoisotopic (exact) mass is 497 g/mol. The molecule has 1 saturated heterocycles. The topological polar surface area (TPSA) is 56.2 Å². The number of halogens is 3. The fraction of sp³-hybridized carbons (Fsp3) is 0.259. The van der Waals surface area contributed by atoms with Crippen LogP contribution in [-0.4, -0.2) is 23.2 Å². The second kappa shape index (κ2) is 10.2. The molecule has 0 spiro atoms. The maximum Gasteiger partial charge on any atom is 0.251 e. The highest BCUT2D eigenvalue weighted by Gasteiger charge is 2.19. The van der Waals surface area contributed by atoms with E-state index in [1.165, 1.54) is 6.07 Å². The van der Waals surface area contributed by atoms with Crippen LogP contribution in [0.3, 0.4) is 0 Å². The van der Waals surface area contributed by atoms with Gasteiger partial charge in [0.2, 0.25) is 0 Å². The molecule has 0 aliphatic carbocycles. The summed E-state index contributed by atoms with van der Waals surface area (Å²) in [5, 5.41) is 12.0. The zero-order valence-corrected chi connectivity index (χ0v) is 20.7. The first kappa shape index (κ1) is 24.2. The van der Waals surface area contributed by atoms with Crippen LogP contribution in [0.2, 0.25) is 10.0 Å². The van der Waals surface area contributed by atoms with E-state index in [-0.39, 0.29) is 11.7 Å². The minimum atomic E-state index is -0.248. The molecule has 1 aliphatic rings. The van der Waals surface area contributed by atoms with Crippen molar-refractivity contribution in [3.63, 3.8) is 0 Å². The smallest absolute Gasteiger partial charge is 0.251 e. The Morgan fingerprint density at radius 3 is 2.53 bits per heavy atom. The number of amidine groups is 1. The minimum absolute atomic E-state index is 0.220. The summed E-state index contributed by atoms with van der Waals surface area (Å²) in [7, 11) is 0. The lowest BCUT2D eigenvalue weighted by Gasteiger charge is -2.19. The van der Waals surface area contributed by atoms with Crippen molar-refractivity contribution in [1.29, 1.82) is 5.41 Å². The highest BCUT2D eigenvalue weighted by molar-refractivity contribution is 6.42. The molecule has 2 N–H and O–H groups in total. The SMILES string of the molecule is Cc1cc(-c2cc(CN3CCCC3=N)cc(C(=O)NCc3ccc(Cl)c(Cl)c3)c2)c(C)cc1F. The van der Waals surface area contributed by atoms with Gasteiger partial charge in [0.15, 0.2) is 0 Å². The van der Waals surface area contributed by atoms with Gasteiger partial charge in [-0.3, -0.25) is 10.2 Å². The van der Waals surface area contributed by atoms with E-state index < -0.39 is 0 Å². The third-order valence-electron chi connectivity index (χ3n) is 6.11. The van der Waals surface area contributed by atoms with Gasteiger partial charge in [-0.25, -0.2) is 4.39 Å². The van der Waals surface area contributed by atoms with Gasteiger partial charge in [-0.2, -0.15) is 0 Å². The van der Waals surface area contributed by atoms with Crippen LogP contribution in [0, 0.1) is 25.1 Å². The number of carbonyl (C=O) groups is 1. The first-order valence-corrected chi connectivity index (χ1v) is 11.9. The van der Waals surface area contributed by atoms with Crippen molar-refractivity contribution < 1.29 is 9.18 Å². The predicted octanol–water partition coefficient (Wildman–Crippen LogP) is 6.92. The third-order valence-corrected chi connectivity index (χ3v) is 6.84. The molecule has 1 amide bonds. The maximum atomic E-state index is 14.1. The molecule has 34 heavy (non-hydrogen) atoms. The van der Waals surface area contributed by atoms with Crippen molar-refractivity contribution in [2.45, 2.75) is 39.8 Å². The lowest BCUT2D eigenvalue weighted by molar-refractivity contribution is 0.0951. The molecule has 0 aromatic heterocycles. The highest BCUT2D eigenvalue weighted by atomic mass is 35.5. The van der Waals surface area contributed by atoms with Gasteiger partial charge in [0.05, 0.1) is 15.9 Å². The fourth-order valence-corrected chi connectivity index (χ4v) is 4.54. The normalized spacial score (nSPS) is 13.4. The first-order valence-electron chi connectivity index (χ1n) is 11.2. The molecule has 4 nitrogen and oxygen atoms in total. The summed E-state index contributed by atoms with van der Waals surface area (Å²) in [6.45, 7) is 5.29. The highest BCUT2D eigenvalue weighted by Crippen LogP contribution is 2.29. The van der Waals surface area contributed by atoms with Crippen LogP contribution in [0.1, 0.15) is 45.5 Å². The van der Waals surface area contributed by atoms with Crippen LogP contribution in [0.15, 0.2) is 48.5 Å². The average molecular weight is 498 g/mol. The van der Waals surface area contributed by atoms with E-state index in [4.69, 9.17) is 28.6 Å². The van der Waals surface area contributed by atoms with Crippen molar-refractivity contribution in [3.8, 4) is 11.1 Å². The van der Waals surface area contributed by atoms with Crippen molar-refractivity contribution in [3.05, 3.63) is 92.2 Å². The Morgan fingerprint density at radius 1 is 1.03 bits per heavy atom. The third kappa shape index (κ3) is 5.43. The Kier molecular flexibility index (Phi) is 7.24. The van der Waals surface area contributed by atoms with E-state index in [1.54, 1.807) is 19.1 Å². The number of nitrogens with one attached hydrogen (secondary N) is 2. The van der Waals surface area contributed by atoms with E-state index in [0.717, 1.165) is 47.2 Å². The van der Waals surface area contributed by atoms with Crippen LogP contribution in [0.25, 0.3) is 11.1 Å². The van der Waals surface area contributed by atoms with Crippen LogP contribution < -0.4 is 5.32 Å². The maximum absolute atomic E-state index is 14.1. The first-order chi connectivity index (χ1) is 16.2. The quantitative estimate of drug-likeness (QED) is 0.388. The van der Waals surface area contributed by atoms with Crippen LogP contribution in [-0.2, 0) is 13.1 Å². The number of hydrogen-bond donors (Lipinski definition) is 2. The Bertz CT molecular complexity index is 1270. The number of carbonyl (C=O) groups excluding carboxylic acids is 1. The van der Waals surface area contributed by atoms with Crippen molar-refractivity contribution in [1.82, 2.24) is 10.2 Å². The summed E-state index contributed by atoms with van der Waals surface area (Å²) in [6.07, 6.45) is 1.73. The Labute approximate surface area is 209 Å². The van der Waals surface area contributed by atoms with E-state index in [1.807, 2.05) is 42.2 Å². The van der Waals surface area contributed by atoms with Gasteiger partial charge < -0.3 is 10.2 Å². The van der Waals surface area contributed by atoms with E-state index in [9.17, 15) is 9.18 Å². The zero-order chi connectivity index (χ0) is 24.4. The number of likely N-dealkylation sites (tertiary alicyclic amines) is 1. The molecule has 3 aromatic carbocycles. The summed E-state index contributed by atoms with van der Waals surface area (Å²) in [6, 6.07) is 14.3. The summed E-state index contributed by atoms with van der Waals surface area (Å²) in [5.74, 6) is 0.148. The number of aryl methyl sites for hydroxylation is 2. The number of benzene rings is 3. The van der Waals surface area contributed by atoms with E-state index >= 15 is 0 Å². The molecule has 1 fully saturated rings. The number of rotatable bonds is 6. The molecule has 3 aromatic rings. The molecule has 0 saturated carbocycles.